The molecule has 5 aromatic rings. The topological polar surface area (TPSA) is 143 Å². The molecule has 0 spiro atoms. The molecule has 14 nitrogen and oxygen atoms in total. The second kappa shape index (κ2) is 13.4. The van der Waals surface area contributed by atoms with Crippen molar-refractivity contribution in [2.45, 2.75) is 6.54 Å². The van der Waals surface area contributed by atoms with Crippen LogP contribution in [0.15, 0.2) is 57.3 Å². The summed E-state index contributed by atoms with van der Waals surface area (Å²) in [6.45, 7) is 2.10. The molecule has 1 saturated heterocycles. The van der Waals surface area contributed by atoms with Gasteiger partial charge in [0.1, 0.15) is 0 Å². The van der Waals surface area contributed by atoms with E-state index in [4.69, 9.17) is 37.4 Å². The predicted molar refractivity (Wildman–Crippen MR) is 175 cm³/mol. The number of imidazole rings is 1. The number of fused-ring (bicyclic) bond motifs is 1. The minimum Gasteiger partial charge on any atom is -0.493 e. The summed E-state index contributed by atoms with van der Waals surface area (Å²) in [7, 11) is 4.38. The third-order valence-electron chi connectivity index (χ3n) is 7.46. The number of aromatic nitrogens is 6. The van der Waals surface area contributed by atoms with Gasteiger partial charge in [0.15, 0.2) is 34.3 Å². The summed E-state index contributed by atoms with van der Waals surface area (Å²) in [5.74, 6) is 0.360. The van der Waals surface area contributed by atoms with E-state index in [0.29, 0.717) is 53.2 Å². The molecule has 0 atom stereocenters. The average molecular weight is 685 g/mol. The number of methoxy groups -OCH3 is 1. The standard InChI is InChI=1S/C30H28Cl2FN9O5/c1-39-26-24(27(43)40(2)30(39)44)42(16-18-5-6-19(31)13-20(18)32)29(37-26)47-22-7-4-17(12-23(22)45-3)14-35-38-28-34-15-21(33)25(36-28)41-8-10-46-11-9-41/h4-7,12-15H,8-11,16H2,1-3H3,(H,34,36,38). The van der Waals surface area contributed by atoms with Crippen molar-refractivity contribution in [1.29, 1.82) is 0 Å². The van der Waals surface area contributed by atoms with E-state index in [1.54, 1.807) is 45.9 Å². The SMILES string of the molecule is COc1cc(C=NNc2ncc(F)c(N3CCOCC3)n2)ccc1Oc1nc2c(c(=O)n(C)c(=O)n2C)n1Cc1ccc(Cl)cc1Cl. The zero-order valence-electron chi connectivity index (χ0n) is 25.4. The van der Waals surface area contributed by atoms with Crippen molar-refractivity contribution in [2.24, 2.45) is 19.2 Å². The number of ether oxygens (including phenoxy) is 3. The van der Waals surface area contributed by atoms with Gasteiger partial charge in [0.25, 0.3) is 5.56 Å². The van der Waals surface area contributed by atoms with Gasteiger partial charge in [-0.15, -0.1) is 0 Å². The summed E-state index contributed by atoms with van der Waals surface area (Å²) in [5.41, 5.74) is 3.17. The Morgan fingerprint density at radius 1 is 1.06 bits per heavy atom. The maximum Gasteiger partial charge on any atom is 0.332 e. The Morgan fingerprint density at radius 2 is 1.85 bits per heavy atom. The first-order chi connectivity index (χ1) is 22.6. The van der Waals surface area contributed by atoms with E-state index in [-0.39, 0.29) is 41.2 Å². The summed E-state index contributed by atoms with van der Waals surface area (Å²) in [6.07, 6.45) is 2.59. The number of hydrogen-bond donors (Lipinski definition) is 1. The minimum atomic E-state index is -0.552. The molecule has 1 aliphatic heterocycles. The van der Waals surface area contributed by atoms with Crippen LogP contribution in [0.5, 0.6) is 17.5 Å². The number of anilines is 2. The molecule has 2 aromatic carbocycles. The number of aryl methyl sites for hydroxylation is 1. The van der Waals surface area contributed by atoms with Gasteiger partial charge in [0.05, 0.1) is 39.3 Å². The van der Waals surface area contributed by atoms with Crippen LogP contribution in [0, 0.1) is 5.82 Å². The average Bonchev–Trinajstić information content (AvgIpc) is 3.43. The molecule has 0 saturated carbocycles. The van der Waals surface area contributed by atoms with E-state index in [1.165, 1.54) is 32.0 Å². The highest BCUT2D eigenvalue weighted by Crippen LogP contribution is 2.34. The van der Waals surface area contributed by atoms with Gasteiger partial charge in [-0.05, 0) is 41.5 Å². The molecule has 3 aromatic heterocycles. The molecule has 1 N–H and O–H groups in total. The zero-order valence-corrected chi connectivity index (χ0v) is 26.9. The molecule has 4 heterocycles. The van der Waals surface area contributed by atoms with E-state index >= 15 is 0 Å². The van der Waals surface area contributed by atoms with Gasteiger partial charge >= 0.3 is 11.7 Å². The molecule has 0 bridgehead atoms. The number of hydrazone groups is 1. The predicted octanol–water partition coefficient (Wildman–Crippen LogP) is 3.80. The molecular weight excluding hydrogens is 656 g/mol. The van der Waals surface area contributed by atoms with Crippen LogP contribution in [0.4, 0.5) is 16.2 Å². The van der Waals surface area contributed by atoms with Crippen LogP contribution in [-0.2, 0) is 25.4 Å². The largest absolute Gasteiger partial charge is 0.493 e. The monoisotopic (exact) mass is 683 g/mol. The second-order valence-electron chi connectivity index (χ2n) is 10.4. The Kier molecular flexibility index (Phi) is 9.11. The van der Waals surface area contributed by atoms with Crippen LogP contribution < -0.4 is 31.0 Å². The maximum absolute atomic E-state index is 14.4. The van der Waals surface area contributed by atoms with Crippen molar-refractivity contribution in [1.82, 2.24) is 28.7 Å². The number of hydrogen-bond acceptors (Lipinski definition) is 11. The Hall–Kier alpha value is -4.99. The van der Waals surface area contributed by atoms with E-state index in [1.807, 2.05) is 0 Å². The van der Waals surface area contributed by atoms with E-state index in [2.05, 4.69) is 25.5 Å². The van der Waals surface area contributed by atoms with Gasteiger partial charge in [0, 0.05) is 37.2 Å². The number of rotatable bonds is 9. The fourth-order valence-electron chi connectivity index (χ4n) is 4.99. The fourth-order valence-corrected chi connectivity index (χ4v) is 5.46. The van der Waals surface area contributed by atoms with Gasteiger partial charge in [-0.1, -0.05) is 29.3 Å². The number of nitrogens with one attached hydrogen (secondary N) is 1. The molecule has 244 valence electrons. The summed E-state index contributed by atoms with van der Waals surface area (Å²) in [4.78, 5) is 40.5. The number of nitrogens with zero attached hydrogens (tertiary/aromatic N) is 8. The van der Waals surface area contributed by atoms with E-state index in [9.17, 15) is 14.0 Å². The van der Waals surface area contributed by atoms with E-state index < -0.39 is 17.1 Å². The number of morpholine rings is 1. The minimum absolute atomic E-state index is 0.0234. The molecular formula is C30H28Cl2FN9O5. The lowest BCUT2D eigenvalue weighted by Gasteiger charge is -2.27. The zero-order chi connectivity index (χ0) is 33.2. The molecule has 0 radical (unpaired) electrons. The third kappa shape index (κ3) is 6.50. The first-order valence-electron chi connectivity index (χ1n) is 14.2. The Bertz CT molecular complexity index is 2130. The quantitative estimate of drug-likeness (QED) is 0.180. The van der Waals surface area contributed by atoms with Crippen molar-refractivity contribution in [2.75, 3.05) is 43.7 Å². The van der Waals surface area contributed by atoms with Crippen molar-refractivity contribution in [3.8, 4) is 17.5 Å². The van der Waals surface area contributed by atoms with Gasteiger partial charge in [-0.2, -0.15) is 15.1 Å². The first-order valence-corrected chi connectivity index (χ1v) is 15.0. The number of benzene rings is 2. The first kappa shape index (κ1) is 32.0. The van der Waals surface area contributed by atoms with Crippen molar-refractivity contribution >= 4 is 52.3 Å². The second-order valence-corrected chi connectivity index (χ2v) is 11.3. The van der Waals surface area contributed by atoms with Crippen LogP contribution >= 0.6 is 23.2 Å². The van der Waals surface area contributed by atoms with Gasteiger partial charge in [-0.3, -0.25) is 18.5 Å². The highest BCUT2D eigenvalue weighted by molar-refractivity contribution is 6.35. The van der Waals surface area contributed by atoms with Crippen LogP contribution in [-0.4, -0.2) is 68.3 Å². The van der Waals surface area contributed by atoms with Gasteiger partial charge < -0.3 is 19.1 Å². The molecule has 6 rings (SSSR count). The fraction of sp³-hybridized carbons (Fsp3) is 0.267. The number of halogens is 3. The summed E-state index contributed by atoms with van der Waals surface area (Å²) < 4.78 is 35.3. The summed E-state index contributed by atoms with van der Waals surface area (Å²) >= 11 is 12.6. The molecule has 17 heteroatoms. The summed E-state index contributed by atoms with van der Waals surface area (Å²) in [5, 5.41) is 5.02. The van der Waals surface area contributed by atoms with Crippen LogP contribution in [0.3, 0.4) is 0 Å². The molecule has 0 aliphatic carbocycles. The Labute approximate surface area is 276 Å². The molecule has 1 aliphatic rings. The lowest BCUT2D eigenvalue weighted by molar-refractivity contribution is 0.122. The lowest BCUT2D eigenvalue weighted by atomic mass is 10.2. The van der Waals surface area contributed by atoms with Crippen molar-refractivity contribution in [3.05, 3.63) is 90.4 Å². The van der Waals surface area contributed by atoms with Crippen molar-refractivity contribution in [3.63, 3.8) is 0 Å². The molecule has 1 fully saturated rings. The van der Waals surface area contributed by atoms with Crippen LogP contribution in [0.2, 0.25) is 10.0 Å². The van der Waals surface area contributed by atoms with Crippen LogP contribution in [0.1, 0.15) is 11.1 Å². The highest BCUT2D eigenvalue weighted by atomic mass is 35.5. The van der Waals surface area contributed by atoms with Gasteiger partial charge in [0.2, 0.25) is 5.95 Å². The molecule has 0 amide bonds. The smallest absolute Gasteiger partial charge is 0.332 e. The highest BCUT2D eigenvalue weighted by Gasteiger charge is 2.23. The Morgan fingerprint density at radius 3 is 2.60 bits per heavy atom. The maximum atomic E-state index is 14.4. The van der Waals surface area contributed by atoms with Crippen molar-refractivity contribution < 1.29 is 18.6 Å². The molecule has 47 heavy (non-hydrogen) atoms. The van der Waals surface area contributed by atoms with Crippen LogP contribution in [0.25, 0.3) is 11.2 Å². The lowest BCUT2D eigenvalue weighted by Crippen LogP contribution is -2.37. The van der Waals surface area contributed by atoms with E-state index in [0.717, 1.165) is 10.8 Å². The Balaban J connectivity index is 1.29. The third-order valence-corrected chi connectivity index (χ3v) is 8.05. The molecule has 0 unspecified atom stereocenters. The summed E-state index contributed by atoms with van der Waals surface area (Å²) in [6, 6.07) is 10.1. The van der Waals surface area contributed by atoms with Gasteiger partial charge in [-0.25, -0.2) is 19.6 Å². The normalized spacial score (nSPS) is 13.4.